The number of benzene rings is 2. The largest absolute Gasteiger partial charge is 0.504 e. The SMILES string of the molecule is Cc1cc(C)cc(OCNCc2ccc(O)c(O)c2)c1. The van der Waals surface area contributed by atoms with Gasteiger partial charge >= 0.3 is 0 Å². The molecule has 0 bridgehead atoms. The van der Waals surface area contributed by atoms with E-state index in [-0.39, 0.29) is 11.5 Å². The van der Waals surface area contributed by atoms with Crippen molar-refractivity contribution in [3.05, 3.63) is 53.1 Å². The second kappa shape index (κ2) is 6.30. The van der Waals surface area contributed by atoms with Crippen molar-refractivity contribution in [1.29, 1.82) is 0 Å². The van der Waals surface area contributed by atoms with Gasteiger partial charge in [0.1, 0.15) is 12.5 Å². The van der Waals surface area contributed by atoms with E-state index in [2.05, 4.69) is 11.4 Å². The van der Waals surface area contributed by atoms with Crippen molar-refractivity contribution < 1.29 is 14.9 Å². The van der Waals surface area contributed by atoms with Crippen molar-refractivity contribution in [2.75, 3.05) is 6.73 Å². The number of ether oxygens (including phenoxy) is 1. The summed E-state index contributed by atoms with van der Waals surface area (Å²) in [5.41, 5.74) is 3.22. The molecule has 2 aromatic rings. The van der Waals surface area contributed by atoms with Gasteiger partial charge in [0, 0.05) is 6.54 Å². The molecule has 0 saturated heterocycles. The maximum atomic E-state index is 9.39. The number of aromatic hydroxyl groups is 2. The average molecular weight is 273 g/mol. The lowest BCUT2D eigenvalue weighted by molar-refractivity contribution is 0.282. The number of rotatable bonds is 5. The number of nitrogens with one attached hydrogen (secondary N) is 1. The molecule has 2 rings (SSSR count). The Balaban J connectivity index is 1.82. The molecule has 0 aliphatic rings. The fourth-order valence-electron chi connectivity index (χ4n) is 2.02. The minimum absolute atomic E-state index is 0.111. The highest BCUT2D eigenvalue weighted by Gasteiger charge is 2.01. The molecule has 4 nitrogen and oxygen atoms in total. The summed E-state index contributed by atoms with van der Waals surface area (Å²) >= 11 is 0. The Morgan fingerprint density at radius 1 is 0.950 bits per heavy atom. The lowest BCUT2D eigenvalue weighted by atomic mass is 10.1. The number of hydrogen-bond donors (Lipinski definition) is 3. The first-order valence-corrected chi connectivity index (χ1v) is 6.47. The minimum Gasteiger partial charge on any atom is -0.504 e. The second-order valence-corrected chi connectivity index (χ2v) is 4.86. The Labute approximate surface area is 118 Å². The van der Waals surface area contributed by atoms with E-state index in [1.807, 2.05) is 26.0 Å². The minimum atomic E-state index is -0.112. The molecule has 3 N–H and O–H groups in total. The molecule has 0 spiro atoms. The van der Waals surface area contributed by atoms with Crippen molar-refractivity contribution in [3.63, 3.8) is 0 Å². The fraction of sp³-hybridized carbons (Fsp3) is 0.250. The summed E-state index contributed by atoms with van der Waals surface area (Å²) in [7, 11) is 0. The molecule has 0 atom stereocenters. The van der Waals surface area contributed by atoms with Gasteiger partial charge in [-0.1, -0.05) is 12.1 Å². The molecular formula is C16H19NO3. The average Bonchev–Trinajstić information content (AvgIpc) is 2.38. The quantitative estimate of drug-likeness (QED) is 0.445. The highest BCUT2D eigenvalue weighted by molar-refractivity contribution is 5.40. The number of aryl methyl sites for hydroxylation is 2. The summed E-state index contributed by atoms with van der Waals surface area (Å²) in [6.45, 7) is 5.00. The monoisotopic (exact) mass is 273 g/mol. The van der Waals surface area contributed by atoms with Gasteiger partial charge in [0.25, 0.3) is 0 Å². The van der Waals surface area contributed by atoms with Crippen LogP contribution in [0.3, 0.4) is 0 Å². The molecule has 2 aromatic carbocycles. The molecule has 4 heteroatoms. The van der Waals surface area contributed by atoms with E-state index >= 15 is 0 Å². The molecule has 20 heavy (non-hydrogen) atoms. The molecule has 0 aliphatic heterocycles. The molecule has 0 heterocycles. The van der Waals surface area contributed by atoms with Crippen LogP contribution in [0, 0.1) is 13.8 Å². The Kier molecular flexibility index (Phi) is 4.48. The maximum Gasteiger partial charge on any atom is 0.157 e. The first kappa shape index (κ1) is 14.2. The maximum absolute atomic E-state index is 9.39. The Morgan fingerprint density at radius 2 is 1.65 bits per heavy atom. The van der Waals surface area contributed by atoms with Crippen LogP contribution in [0.2, 0.25) is 0 Å². The van der Waals surface area contributed by atoms with Crippen LogP contribution in [0.5, 0.6) is 17.2 Å². The van der Waals surface area contributed by atoms with Crippen LogP contribution in [0.25, 0.3) is 0 Å². The molecule has 106 valence electrons. The van der Waals surface area contributed by atoms with Gasteiger partial charge in [-0.2, -0.15) is 0 Å². The van der Waals surface area contributed by atoms with Crippen LogP contribution in [-0.4, -0.2) is 16.9 Å². The van der Waals surface area contributed by atoms with Gasteiger partial charge in [-0.15, -0.1) is 0 Å². The van der Waals surface area contributed by atoms with E-state index in [1.165, 1.54) is 23.3 Å². The Hall–Kier alpha value is -2.20. The first-order chi connectivity index (χ1) is 9.54. The van der Waals surface area contributed by atoms with Crippen LogP contribution in [0.1, 0.15) is 16.7 Å². The normalized spacial score (nSPS) is 10.5. The van der Waals surface area contributed by atoms with Gasteiger partial charge in [-0.05, 0) is 54.8 Å². The summed E-state index contributed by atoms with van der Waals surface area (Å²) in [4.78, 5) is 0. The third-order valence-electron chi connectivity index (χ3n) is 2.91. The lowest BCUT2D eigenvalue weighted by Gasteiger charge is -2.10. The van der Waals surface area contributed by atoms with Gasteiger partial charge in [0.2, 0.25) is 0 Å². The lowest BCUT2D eigenvalue weighted by Crippen LogP contribution is -2.19. The van der Waals surface area contributed by atoms with Gasteiger partial charge < -0.3 is 14.9 Å². The van der Waals surface area contributed by atoms with E-state index in [1.54, 1.807) is 6.07 Å². The zero-order valence-corrected chi connectivity index (χ0v) is 11.7. The van der Waals surface area contributed by atoms with Gasteiger partial charge in [0.15, 0.2) is 11.5 Å². The van der Waals surface area contributed by atoms with Gasteiger partial charge in [-0.25, -0.2) is 0 Å². The van der Waals surface area contributed by atoms with E-state index < -0.39 is 0 Å². The molecule has 0 amide bonds. The third-order valence-corrected chi connectivity index (χ3v) is 2.91. The Morgan fingerprint density at radius 3 is 2.30 bits per heavy atom. The van der Waals surface area contributed by atoms with Crippen LogP contribution < -0.4 is 10.1 Å². The third kappa shape index (κ3) is 3.90. The van der Waals surface area contributed by atoms with Crippen LogP contribution >= 0.6 is 0 Å². The number of phenolic OH excluding ortho intramolecular Hbond substituents is 2. The molecule has 0 radical (unpaired) electrons. The number of hydrogen-bond acceptors (Lipinski definition) is 4. The second-order valence-electron chi connectivity index (χ2n) is 4.86. The number of phenols is 2. The molecule has 0 fully saturated rings. The molecular weight excluding hydrogens is 254 g/mol. The summed E-state index contributed by atoms with van der Waals surface area (Å²) in [6, 6.07) is 10.8. The smallest absolute Gasteiger partial charge is 0.157 e. The summed E-state index contributed by atoms with van der Waals surface area (Å²) in [6.07, 6.45) is 0. The zero-order chi connectivity index (χ0) is 14.5. The van der Waals surface area contributed by atoms with Crippen LogP contribution in [0.4, 0.5) is 0 Å². The van der Waals surface area contributed by atoms with Gasteiger partial charge in [0.05, 0.1) is 0 Å². The van der Waals surface area contributed by atoms with Crippen LogP contribution in [-0.2, 0) is 6.54 Å². The highest BCUT2D eigenvalue weighted by atomic mass is 16.5. The summed E-state index contributed by atoms with van der Waals surface area (Å²) in [5.74, 6) is 0.614. The molecule has 0 aliphatic carbocycles. The predicted molar refractivity (Wildman–Crippen MR) is 78.0 cm³/mol. The predicted octanol–water partition coefficient (Wildman–Crippen LogP) is 2.84. The van der Waals surface area contributed by atoms with E-state index in [0.29, 0.717) is 13.3 Å². The van der Waals surface area contributed by atoms with Crippen molar-refractivity contribution in [1.82, 2.24) is 5.32 Å². The van der Waals surface area contributed by atoms with Crippen molar-refractivity contribution in [2.24, 2.45) is 0 Å². The fourth-order valence-corrected chi connectivity index (χ4v) is 2.02. The van der Waals surface area contributed by atoms with Gasteiger partial charge in [-0.3, -0.25) is 5.32 Å². The summed E-state index contributed by atoms with van der Waals surface area (Å²) < 4.78 is 5.62. The molecule has 0 aromatic heterocycles. The van der Waals surface area contributed by atoms with Crippen molar-refractivity contribution in [3.8, 4) is 17.2 Å². The Bertz CT molecular complexity index is 576. The zero-order valence-electron chi connectivity index (χ0n) is 11.7. The molecule has 0 saturated carbocycles. The van der Waals surface area contributed by atoms with E-state index in [9.17, 15) is 10.2 Å². The van der Waals surface area contributed by atoms with Crippen molar-refractivity contribution in [2.45, 2.75) is 20.4 Å². The topological polar surface area (TPSA) is 61.7 Å². The van der Waals surface area contributed by atoms with E-state index in [0.717, 1.165) is 11.3 Å². The first-order valence-electron chi connectivity index (χ1n) is 6.47. The summed E-state index contributed by atoms with van der Waals surface area (Å²) in [5, 5.41) is 21.7. The highest BCUT2D eigenvalue weighted by Crippen LogP contribution is 2.24. The standard InChI is InChI=1S/C16H19NO3/c1-11-5-12(2)7-14(6-11)20-10-17-9-13-3-4-15(18)16(19)8-13/h3-8,17-19H,9-10H2,1-2H3. The van der Waals surface area contributed by atoms with E-state index in [4.69, 9.17) is 4.74 Å². The van der Waals surface area contributed by atoms with Crippen LogP contribution in [0.15, 0.2) is 36.4 Å². The van der Waals surface area contributed by atoms with Crippen molar-refractivity contribution >= 4 is 0 Å². The molecule has 0 unspecified atom stereocenters.